The number of hydrogen-bond acceptors (Lipinski definition) is 3. The van der Waals surface area contributed by atoms with E-state index in [-0.39, 0.29) is 6.61 Å². The number of carboxylic acids is 1. The number of carboxylic acid groups (broad SMARTS) is 1. The Morgan fingerprint density at radius 3 is 2.09 bits per heavy atom. The molecule has 0 unspecified atom stereocenters. The first-order valence-corrected chi connectivity index (χ1v) is 12.2. The number of hydrogen-bond donors (Lipinski definition) is 1. The van der Waals surface area contributed by atoms with Crippen LogP contribution in [-0.4, -0.2) is 34.1 Å². The molecule has 2 aliphatic carbocycles. The van der Waals surface area contributed by atoms with Crippen LogP contribution in [0.3, 0.4) is 0 Å². The highest BCUT2D eigenvalue weighted by Crippen LogP contribution is 2.48. The molecule has 1 heterocycles. The first kappa shape index (κ1) is 21.9. The maximum atomic E-state index is 10.7. The summed E-state index contributed by atoms with van der Waals surface area (Å²) in [6.07, 6.45) is 6.97. The minimum absolute atomic E-state index is 0.192. The molecular formula is C28H32N2O3. The summed E-state index contributed by atoms with van der Waals surface area (Å²) in [6, 6.07) is 21.3. The third kappa shape index (κ3) is 5.19. The quantitative estimate of drug-likeness (QED) is 0.439. The minimum atomic E-state index is -0.890. The summed E-state index contributed by atoms with van der Waals surface area (Å²) < 4.78 is 7.67. The van der Waals surface area contributed by atoms with Crippen molar-refractivity contribution < 1.29 is 14.6 Å². The summed E-state index contributed by atoms with van der Waals surface area (Å²) in [6.45, 7) is 1.33. The fourth-order valence-electron chi connectivity index (χ4n) is 5.21. The van der Waals surface area contributed by atoms with Crippen molar-refractivity contribution >= 4 is 5.97 Å². The molecule has 2 aliphatic rings. The molecule has 2 aromatic carbocycles. The predicted octanol–water partition coefficient (Wildman–Crippen LogP) is 6.00. The number of aliphatic carboxylic acids is 1. The van der Waals surface area contributed by atoms with Gasteiger partial charge in [-0.15, -0.1) is 0 Å². The number of carbonyl (C=O) groups is 1. The lowest BCUT2D eigenvalue weighted by Gasteiger charge is -2.28. The van der Waals surface area contributed by atoms with Crippen molar-refractivity contribution in [3.63, 3.8) is 0 Å². The van der Waals surface area contributed by atoms with E-state index in [0.717, 1.165) is 37.9 Å². The lowest BCUT2D eigenvalue weighted by molar-refractivity contribution is -0.142. The summed E-state index contributed by atoms with van der Waals surface area (Å²) in [7, 11) is 0. The van der Waals surface area contributed by atoms with Crippen LogP contribution in [0.5, 0.6) is 0 Å². The van der Waals surface area contributed by atoms with Gasteiger partial charge in [-0.05, 0) is 55.9 Å². The first-order chi connectivity index (χ1) is 16.2. The molecule has 1 aromatic heterocycles. The normalized spacial score (nSPS) is 20.6. The largest absolute Gasteiger partial charge is 0.480 e. The van der Waals surface area contributed by atoms with Gasteiger partial charge in [-0.1, -0.05) is 60.7 Å². The van der Waals surface area contributed by atoms with Crippen molar-refractivity contribution in [3.8, 4) is 22.4 Å². The van der Waals surface area contributed by atoms with E-state index in [1.54, 1.807) is 0 Å². The second kappa shape index (κ2) is 9.92. The Labute approximate surface area is 195 Å². The molecule has 5 heteroatoms. The second-order valence-electron chi connectivity index (χ2n) is 9.59. The number of benzene rings is 2. The molecule has 0 aliphatic heterocycles. The van der Waals surface area contributed by atoms with Crippen molar-refractivity contribution in [1.29, 1.82) is 0 Å². The van der Waals surface area contributed by atoms with E-state index >= 15 is 0 Å². The van der Waals surface area contributed by atoms with Gasteiger partial charge in [-0.3, -0.25) is 4.68 Å². The zero-order valence-corrected chi connectivity index (χ0v) is 19.0. The van der Waals surface area contributed by atoms with Crippen LogP contribution < -0.4 is 0 Å². The third-order valence-corrected chi connectivity index (χ3v) is 7.04. The molecule has 2 saturated carbocycles. The van der Waals surface area contributed by atoms with E-state index in [4.69, 9.17) is 14.9 Å². The molecule has 172 valence electrons. The molecule has 0 spiro atoms. The highest BCUT2D eigenvalue weighted by atomic mass is 16.5. The zero-order chi connectivity index (χ0) is 22.6. The Balaban J connectivity index is 1.38. The van der Waals surface area contributed by atoms with Gasteiger partial charge >= 0.3 is 5.97 Å². The van der Waals surface area contributed by atoms with Crippen molar-refractivity contribution in [1.82, 2.24) is 9.78 Å². The molecule has 0 saturated heterocycles. The monoisotopic (exact) mass is 444 g/mol. The maximum absolute atomic E-state index is 10.7. The Morgan fingerprint density at radius 2 is 1.48 bits per heavy atom. The topological polar surface area (TPSA) is 64.3 Å². The molecule has 5 nitrogen and oxygen atoms in total. The molecule has 0 bridgehead atoms. The van der Waals surface area contributed by atoms with Crippen LogP contribution >= 0.6 is 0 Å². The molecule has 5 rings (SSSR count). The molecule has 1 N–H and O–H groups in total. The minimum Gasteiger partial charge on any atom is -0.480 e. The van der Waals surface area contributed by atoms with Crippen LogP contribution in [0.25, 0.3) is 22.4 Å². The molecular weight excluding hydrogens is 412 g/mol. The molecule has 2 fully saturated rings. The Hall–Kier alpha value is -2.92. The lowest BCUT2D eigenvalue weighted by Crippen LogP contribution is -2.23. The molecule has 0 radical (unpaired) electrons. The molecule has 0 atom stereocenters. The van der Waals surface area contributed by atoms with Crippen molar-refractivity contribution in [2.75, 3.05) is 13.2 Å². The van der Waals surface area contributed by atoms with Gasteiger partial charge < -0.3 is 9.84 Å². The highest BCUT2D eigenvalue weighted by molar-refractivity contribution is 5.83. The number of nitrogens with zero attached hydrogens (tertiary/aromatic N) is 2. The zero-order valence-electron chi connectivity index (χ0n) is 19.0. The Kier molecular flexibility index (Phi) is 6.58. The highest BCUT2D eigenvalue weighted by Gasteiger charge is 2.34. The number of aromatic nitrogens is 2. The van der Waals surface area contributed by atoms with Crippen LogP contribution in [0, 0.1) is 11.8 Å². The summed E-state index contributed by atoms with van der Waals surface area (Å²) >= 11 is 0. The van der Waals surface area contributed by atoms with E-state index < -0.39 is 5.97 Å². The Bertz CT molecular complexity index is 1070. The van der Waals surface area contributed by atoms with E-state index in [9.17, 15) is 4.79 Å². The van der Waals surface area contributed by atoms with Crippen LogP contribution in [0.2, 0.25) is 0 Å². The van der Waals surface area contributed by atoms with Crippen LogP contribution in [-0.2, 0) is 16.1 Å². The van der Waals surface area contributed by atoms with Gasteiger partial charge in [-0.2, -0.15) is 5.10 Å². The molecule has 33 heavy (non-hydrogen) atoms. The summed E-state index contributed by atoms with van der Waals surface area (Å²) in [5.41, 5.74) is 6.24. The van der Waals surface area contributed by atoms with E-state index in [0.29, 0.717) is 24.4 Å². The summed E-state index contributed by atoms with van der Waals surface area (Å²) in [5.74, 6) is 0.788. The number of ether oxygens (including phenoxy) is 1. The fraction of sp³-hybridized carbons (Fsp3) is 0.429. The summed E-state index contributed by atoms with van der Waals surface area (Å²) in [5, 5.41) is 14.0. The fourth-order valence-corrected chi connectivity index (χ4v) is 5.21. The smallest absolute Gasteiger partial charge is 0.329 e. The van der Waals surface area contributed by atoms with Crippen LogP contribution in [0.15, 0.2) is 60.7 Å². The van der Waals surface area contributed by atoms with Crippen LogP contribution in [0.1, 0.15) is 50.1 Å². The molecule has 3 aromatic rings. The van der Waals surface area contributed by atoms with E-state index in [1.165, 1.54) is 35.2 Å². The summed E-state index contributed by atoms with van der Waals surface area (Å²) in [4.78, 5) is 10.7. The van der Waals surface area contributed by atoms with Gasteiger partial charge in [0.1, 0.15) is 12.3 Å². The predicted molar refractivity (Wildman–Crippen MR) is 129 cm³/mol. The lowest BCUT2D eigenvalue weighted by atomic mass is 9.82. The van der Waals surface area contributed by atoms with E-state index in [2.05, 4.69) is 65.3 Å². The SMILES string of the molecule is O=C(O)COCC1CCC(Cn2nc(-c3ccccc3)c(-c3ccccc3)c2C2CC2)CC1. The van der Waals surface area contributed by atoms with Gasteiger partial charge in [0, 0.05) is 29.3 Å². The number of rotatable bonds is 9. The standard InChI is InChI=1S/C28H32N2O3/c31-25(32)19-33-18-21-13-11-20(12-14-21)17-30-28(24-15-16-24)26(22-7-3-1-4-8-22)27(29-30)23-9-5-2-6-10-23/h1-10,20-21,24H,11-19H2,(H,31,32). The first-order valence-electron chi connectivity index (χ1n) is 12.2. The molecule has 0 amide bonds. The van der Waals surface area contributed by atoms with E-state index in [1.807, 2.05) is 0 Å². The van der Waals surface area contributed by atoms with Crippen molar-refractivity contribution in [3.05, 3.63) is 66.4 Å². The van der Waals surface area contributed by atoms with Gasteiger partial charge in [0.05, 0.1) is 6.61 Å². The third-order valence-electron chi connectivity index (χ3n) is 7.04. The van der Waals surface area contributed by atoms with Gasteiger partial charge in [0.15, 0.2) is 0 Å². The van der Waals surface area contributed by atoms with Gasteiger partial charge in [0.25, 0.3) is 0 Å². The second-order valence-corrected chi connectivity index (χ2v) is 9.59. The van der Waals surface area contributed by atoms with Crippen molar-refractivity contribution in [2.24, 2.45) is 11.8 Å². The van der Waals surface area contributed by atoms with Gasteiger partial charge in [-0.25, -0.2) is 4.79 Å². The van der Waals surface area contributed by atoms with Gasteiger partial charge in [0.2, 0.25) is 0 Å². The average molecular weight is 445 g/mol. The Morgan fingerprint density at radius 1 is 0.879 bits per heavy atom. The average Bonchev–Trinajstić information content (AvgIpc) is 3.62. The van der Waals surface area contributed by atoms with Crippen LogP contribution in [0.4, 0.5) is 0 Å². The maximum Gasteiger partial charge on any atom is 0.329 e. The van der Waals surface area contributed by atoms with Crippen molar-refractivity contribution in [2.45, 2.75) is 51.0 Å².